The van der Waals surface area contributed by atoms with Crippen molar-refractivity contribution in [1.82, 2.24) is 15.5 Å². The van der Waals surface area contributed by atoms with Crippen molar-refractivity contribution in [2.24, 2.45) is 5.92 Å². The monoisotopic (exact) mass is 271 g/mol. The number of hydrogen-bond acceptors (Lipinski definition) is 3. The summed E-state index contributed by atoms with van der Waals surface area (Å²) in [5.74, 6) is -1.07. The minimum absolute atomic E-state index is 0.0119. The van der Waals surface area contributed by atoms with Crippen LogP contribution >= 0.6 is 0 Å². The predicted molar refractivity (Wildman–Crippen MR) is 73.1 cm³/mol. The highest BCUT2D eigenvalue weighted by Crippen LogP contribution is 2.25. The van der Waals surface area contributed by atoms with Gasteiger partial charge in [0.15, 0.2) is 0 Å². The Balaban J connectivity index is 2.23. The molecule has 1 rings (SSSR count). The minimum atomic E-state index is -0.760. The molecule has 1 aliphatic carbocycles. The molecule has 3 N–H and O–H groups in total. The van der Waals surface area contributed by atoms with Crippen molar-refractivity contribution in [3.63, 3.8) is 0 Å². The van der Waals surface area contributed by atoms with Gasteiger partial charge in [-0.3, -0.25) is 4.79 Å². The molecule has 19 heavy (non-hydrogen) atoms. The molecule has 1 fully saturated rings. The summed E-state index contributed by atoms with van der Waals surface area (Å²) < 4.78 is 0. The number of amides is 2. The first-order valence-corrected chi connectivity index (χ1v) is 6.83. The topological polar surface area (TPSA) is 81.7 Å². The summed E-state index contributed by atoms with van der Waals surface area (Å²) in [4.78, 5) is 24.6. The summed E-state index contributed by atoms with van der Waals surface area (Å²) in [5, 5.41) is 14.6. The van der Waals surface area contributed by atoms with Crippen molar-refractivity contribution in [1.29, 1.82) is 0 Å². The Morgan fingerprint density at radius 2 is 2.05 bits per heavy atom. The number of urea groups is 1. The molecule has 0 spiro atoms. The lowest BCUT2D eigenvalue weighted by Crippen LogP contribution is -2.45. The van der Waals surface area contributed by atoms with Gasteiger partial charge in [-0.15, -0.1) is 0 Å². The van der Waals surface area contributed by atoms with Crippen LogP contribution in [0.15, 0.2) is 0 Å². The van der Waals surface area contributed by atoms with E-state index in [4.69, 9.17) is 5.11 Å². The Kier molecular flexibility index (Phi) is 6.08. The van der Waals surface area contributed by atoms with Crippen molar-refractivity contribution >= 4 is 12.0 Å². The van der Waals surface area contributed by atoms with Gasteiger partial charge >= 0.3 is 12.0 Å². The van der Waals surface area contributed by atoms with E-state index in [1.807, 2.05) is 21.0 Å². The van der Waals surface area contributed by atoms with Crippen molar-refractivity contribution in [2.75, 3.05) is 20.6 Å². The quantitative estimate of drug-likeness (QED) is 0.670. The van der Waals surface area contributed by atoms with E-state index in [0.717, 1.165) is 19.4 Å². The summed E-state index contributed by atoms with van der Waals surface area (Å²) in [6.45, 7) is 2.89. The van der Waals surface area contributed by atoms with E-state index in [2.05, 4.69) is 15.5 Å². The lowest BCUT2D eigenvalue weighted by Gasteiger charge is -2.19. The van der Waals surface area contributed by atoms with Gasteiger partial charge in [-0.05, 0) is 53.2 Å². The Hall–Kier alpha value is -1.30. The molecule has 0 aromatic carbocycles. The van der Waals surface area contributed by atoms with Crippen LogP contribution in [0.2, 0.25) is 0 Å². The van der Waals surface area contributed by atoms with Crippen LogP contribution in [0.1, 0.15) is 32.6 Å². The number of nitrogens with one attached hydrogen (secondary N) is 2. The molecule has 2 amide bonds. The van der Waals surface area contributed by atoms with Crippen molar-refractivity contribution in [3.8, 4) is 0 Å². The van der Waals surface area contributed by atoms with Crippen LogP contribution in [0.25, 0.3) is 0 Å². The molecule has 0 aliphatic heterocycles. The molecular weight excluding hydrogens is 246 g/mol. The highest BCUT2D eigenvalue weighted by atomic mass is 16.4. The molecule has 0 heterocycles. The summed E-state index contributed by atoms with van der Waals surface area (Å²) >= 11 is 0. The maximum atomic E-state index is 11.7. The standard InChI is InChI=1S/C13H25N3O3/c1-9(6-7-16(2)3)14-13(19)15-11-5-4-10(8-11)12(17)18/h9-11H,4-8H2,1-3H3,(H,17,18)(H2,14,15,19). The van der Waals surface area contributed by atoms with Gasteiger partial charge in [-0.2, -0.15) is 0 Å². The smallest absolute Gasteiger partial charge is 0.315 e. The molecule has 6 nitrogen and oxygen atoms in total. The molecule has 1 aliphatic rings. The molecule has 0 aromatic heterocycles. The van der Waals surface area contributed by atoms with Crippen LogP contribution in [-0.4, -0.2) is 54.7 Å². The van der Waals surface area contributed by atoms with Crippen LogP contribution in [0.4, 0.5) is 4.79 Å². The molecule has 3 unspecified atom stereocenters. The number of carbonyl (C=O) groups is 2. The largest absolute Gasteiger partial charge is 0.481 e. The van der Waals surface area contributed by atoms with E-state index >= 15 is 0 Å². The van der Waals surface area contributed by atoms with Crippen LogP contribution in [0, 0.1) is 5.92 Å². The predicted octanol–water partition coefficient (Wildman–Crippen LogP) is 0.879. The lowest BCUT2D eigenvalue weighted by atomic mass is 10.1. The fraction of sp³-hybridized carbons (Fsp3) is 0.846. The van der Waals surface area contributed by atoms with Gasteiger partial charge in [0.25, 0.3) is 0 Å². The maximum absolute atomic E-state index is 11.7. The third-order valence-electron chi connectivity index (χ3n) is 3.50. The van der Waals surface area contributed by atoms with Crippen LogP contribution in [0.5, 0.6) is 0 Å². The molecular formula is C13H25N3O3. The first kappa shape index (κ1) is 15.8. The van der Waals surface area contributed by atoms with E-state index < -0.39 is 5.97 Å². The second-order valence-corrected chi connectivity index (χ2v) is 5.66. The molecule has 0 radical (unpaired) electrons. The fourth-order valence-electron chi connectivity index (χ4n) is 2.31. The summed E-state index contributed by atoms with van der Waals surface area (Å²) in [7, 11) is 3.99. The molecule has 0 aromatic rings. The van der Waals surface area contributed by atoms with Gasteiger partial charge in [0.05, 0.1) is 5.92 Å². The molecule has 0 bridgehead atoms. The Bertz CT molecular complexity index is 320. The van der Waals surface area contributed by atoms with Gasteiger partial charge in [0.1, 0.15) is 0 Å². The Morgan fingerprint density at radius 3 is 2.58 bits per heavy atom. The highest BCUT2D eigenvalue weighted by Gasteiger charge is 2.30. The van der Waals surface area contributed by atoms with Crippen LogP contribution < -0.4 is 10.6 Å². The summed E-state index contributed by atoms with van der Waals surface area (Å²) in [6.07, 6.45) is 2.82. The van der Waals surface area contributed by atoms with Gasteiger partial charge in [-0.25, -0.2) is 4.79 Å². The molecule has 6 heteroatoms. The minimum Gasteiger partial charge on any atom is -0.481 e. The number of rotatable bonds is 6. The van der Waals surface area contributed by atoms with Gasteiger partial charge in [0.2, 0.25) is 0 Å². The Morgan fingerprint density at radius 1 is 1.37 bits per heavy atom. The number of nitrogens with zero attached hydrogens (tertiary/aromatic N) is 1. The molecule has 1 saturated carbocycles. The third kappa shape index (κ3) is 5.92. The average molecular weight is 271 g/mol. The molecule has 110 valence electrons. The normalized spacial score (nSPS) is 24.2. The van der Waals surface area contributed by atoms with Crippen molar-refractivity contribution in [3.05, 3.63) is 0 Å². The van der Waals surface area contributed by atoms with E-state index in [-0.39, 0.29) is 24.0 Å². The second kappa shape index (κ2) is 7.33. The lowest BCUT2D eigenvalue weighted by molar-refractivity contribution is -0.141. The summed E-state index contributed by atoms with van der Waals surface area (Å²) in [6, 6.07) is -0.0940. The second-order valence-electron chi connectivity index (χ2n) is 5.66. The fourth-order valence-corrected chi connectivity index (χ4v) is 2.31. The van der Waals surface area contributed by atoms with Crippen molar-refractivity contribution < 1.29 is 14.7 Å². The first-order chi connectivity index (χ1) is 8.88. The number of carboxylic acid groups (broad SMARTS) is 1. The van der Waals surface area contributed by atoms with Gasteiger partial charge < -0.3 is 20.6 Å². The van der Waals surface area contributed by atoms with Crippen molar-refractivity contribution in [2.45, 2.75) is 44.7 Å². The molecule has 3 atom stereocenters. The number of carbonyl (C=O) groups excluding carboxylic acids is 1. The van der Waals surface area contributed by atoms with Crippen LogP contribution in [0.3, 0.4) is 0 Å². The zero-order chi connectivity index (χ0) is 14.4. The van der Waals surface area contributed by atoms with E-state index in [1.165, 1.54) is 0 Å². The average Bonchev–Trinajstić information content (AvgIpc) is 2.74. The zero-order valence-electron chi connectivity index (χ0n) is 12.0. The van der Waals surface area contributed by atoms with Crippen LogP contribution in [-0.2, 0) is 4.79 Å². The zero-order valence-corrected chi connectivity index (χ0v) is 12.0. The number of hydrogen-bond donors (Lipinski definition) is 3. The third-order valence-corrected chi connectivity index (χ3v) is 3.50. The highest BCUT2D eigenvalue weighted by molar-refractivity contribution is 5.75. The van der Waals surface area contributed by atoms with E-state index in [1.54, 1.807) is 0 Å². The molecule has 0 saturated heterocycles. The first-order valence-electron chi connectivity index (χ1n) is 6.83. The van der Waals surface area contributed by atoms with E-state index in [9.17, 15) is 9.59 Å². The maximum Gasteiger partial charge on any atom is 0.315 e. The summed E-state index contributed by atoms with van der Waals surface area (Å²) in [5.41, 5.74) is 0. The van der Waals surface area contributed by atoms with Gasteiger partial charge in [0, 0.05) is 12.1 Å². The number of carboxylic acids is 1. The SMILES string of the molecule is CC(CCN(C)C)NC(=O)NC1CCC(C(=O)O)C1. The van der Waals surface area contributed by atoms with Gasteiger partial charge in [-0.1, -0.05) is 0 Å². The van der Waals surface area contributed by atoms with E-state index in [0.29, 0.717) is 12.8 Å². The Labute approximate surface area is 114 Å². The number of aliphatic carboxylic acids is 1.